The molecule has 2 rings (SSSR count). The number of rotatable bonds is 3. The summed E-state index contributed by atoms with van der Waals surface area (Å²) in [5, 5.41) is 14.0. The van der Waals surface area contributed by atoms with E-state index in [0.717, 1.165) is 11.3 Å². The van der Waals surface area contributed by atoms with E-state index >= 15 is 0 Å². The standard InChI is InChI=1S/C13H9Br2Cl2NO/c14-9-3-7(4-10(15)13(9)19)6-18-12-2-1-8(16)5-11(12)17/h1-5,18-19H,6H2. The molecule has 0 aromatic heterocycles. The lowest BCUT2D eigenvalue weighted by molar-refractivity contribution is 0.468. The fraction of sp³-hybridized carbons (Fsp3) is 0.0769. The Morgan fingerprint density at radius 1 is 1.05 bits per heavy atom. The maximum absolute atomic E-state index is 9.64. The molecule has 0 radical (unpaired) electrons. The SMILES string of the molecule is Oc1c(Br)cc(CNc2ccc(Cl)cc2Cl)cc1Br. The Kier molecular flexibility index (Phi) is 5.01. The third-order valence-corrected chi connectivity index (χ3v) is 4.25. The largest absolute Gasteiger partial charge is 0.506 e. The van der Waals surface area contributed by atoms with Gasteiger partial charge in [0.1, 0.15) is 5.75 Å². The summed E-state index contributed by atoms with van der Waals surface area (Å²) >= 11 is 18.5. The van der Waals surface area contributed by atoms with Crippen LogP contribution in [0.25, 0.3) is 0 Å². The van der Waals surface area contributed by atoms with Gasteiger partial charge in [-0.3, -0.25) is 0 Å². The minimum absolute atomic E-state index is 0.188. The van der Waals surface area contributed by atoms with Gasteiger partial charge in [0.2, 0.25) is 0 Å². The molecule has 0 bridgehead atoms. The third-order valence-electron chi connectivity index (χ3n) is 2.49. The lowest BCUT2D eigenvalue weighted by Gasteiger charge is -2.10. The number of nitrogens with one attached hydrogen (secondary N) is 1. The zero-order chi connectivity index (χ0) is 14.0. The van der Waals surface area contributed by atoms with Crippen LogP contribution in [0.2, 0.25) is 10.0 Å². The van der Waals surface area contributed by atoms with Gasteiger partial charge in [-0.25, -0.2) is 0 Å². The predicted molar refractivity (Wildman–Crippen MR) is 87.3 cm³/mol. The van der Waals surface area contributed by atoms with Crippen LogP contribution >= 0.6 is 55.1 Å². The van der Waals surface area contributed by atoms with Crippen molar-refractivity contribution >= 4 is 60.7 Å². The predicted octanol–water partition coefficient (Wildman–Crippen LogP) is 5.84. The number of aromatic hydroxyl groups is 1. The molecule has 0 saturated carbocycles. The van der Waals surface area contributed by atoms with E-state index in [-0.39, 0.29) is 5.75 Å². The molecule has 0 unspecified atom stereocenters. The van der Waals surface area contributed by atoms with E-state index in [4.69, 9.17) is 23.2 Å². The van der Waals surface area contributed by atoms with E-state index in [0.29, 0.717) is 25.5 Å². The van der Waals surface area contributed by atoms with Crippen LogP contribution in [0.1, 0.15) is 5.56 Å². The Bertz CT molecular complexity index is 597. The maximum Gasteiger partial charge on any atom is 0.143 e. The second kappa shape index (κ2) is 6.35. The first kappa shape index (κ1) is 15.0. The van der Waals surface area contributed by atoms with Gasteiger partial charge in [-0.05, 0) is 67.8 Å². The molecule has 2 aromatic carbocycles. The van der Waals surface area contributed by atoms with E-state index in [1.807, 2.05) is 18.2 Å². The summed E-state index contributed by atoms with van der Waals surface area (Å²) in [6.07, 6.45) is 0. The minimum Gasteiger partial charge on any atom is -0.506 e. The molecule has 0 spiro atoms. The van der Waals surface area contributed by atoms with Crippen LogP contribution in [-0.2, 0) is 6.54 Å². The summed E-state index contributed by atoms with van der Waals surface area (Å²) < 4.78 is 1.28. The fourth-order valence-corrected chi connectivity index (χ4v) is 3.31. The van der Waals surface area contributed by atoms with Gasteiger partial charge in [0.05, 0.1) is 19.7 Å². The molecule has 0 heterocycles. The summed E-state index contributed by atoms with van der Waals surface area (Å²) in [4.78, 5) is 0. The summed E-state index contributed by atoms with van der Waals surface area (Å²) in [6.45, 7) is 0.582. The number of benzene rings is 2. The number of hydrogen-bond acceptors (Lipinski definition) is 2. The highest BCUT2D eigenvalue weighted by molar-refractivity contribution is 9.11. The van der Waals surface area contributed by atoms with Crippen LogP contribution < -0.4 is 5.32 Å². The van der Waals surface area contributed by atoms with Gasteiger partial charge in [0.25, 0.3) is 0 Å². The molecule has 100 valence electrons. The Morgan fingerprint density at radius 3 is 2.26 bits per heavy atom. The van der Waals surface area contributed by atoms with Gasteiger partial charge in [0, 0.05) is 11.6 Å². The topological polar surface area (TPSA) is 32.3 Å². The van der Waals surface area contributed by atoms with E-state index in [1.165, 1.54) is 0 Å². The van der Waals surface area contributed by atoms with Crippen molar-refractivity contribution in [3.05, 3.63) is 54.9 Å². The quantitative estimate of drug-likeness (QED) is 0.647. The van der Waals surface area contributed by atoms with Gasteiger partial charge in [-0.15, -0.1) is 0 Å². The Balaban J connectivity index is 2.14. The minimum atomic E-state index is 0.188. The molecule has 19 heavy (non-hydrogen) atoms. The highest BCUT2D eigenvalue weighted by Gasteiger charge is 2.06. The van der Waals surface area contributed by atoms with Gasteiger partial charge < -0.3 is 10.4 Å². The molecule has 0 fully saturated rings. The van der Waals surface area contributed by atoms with Crippen molar-refractivity contribution in [1.29, 1.82) is 0 Å². The lowest BCUT2D eigenvalue weighted by atomic mass is 10.2. The van der Waals surface area contributed by atoms with Crippen molar-refractivity contribution in [2.45, 2.75) is 6.54 Å². The van der Waals surface area contributed by atoms with Gasteiger partial charge >= 0.3 is 0 Å². The monoisotopic (exact) mass is 423 g/mol. The van der Waals surface area contributed by atoms with E-state index in [2.05, 4.69) is 37.2 Å². The number of phenols is 1. The highest BCUT2D eigenvalue weighted by atomic mass is 79.9. The molecular weight excluding hydrogens is 417 g/mol. The van der Waals surface area contributed by atoms with Crippen LogP contribution in [0, 0.1) is 0 Å². The van der Waals surface area contributed by atoms with E-state index in [1.54, 1.807) is 12.1 Å². The molecule has 0 atom stereocenters. The highest BCUT2D eigenvalue weighted by Crippen LogP contribution is 2.34. The van der Waals surface area contributed by atoms with Gasteiger partial charge in [-0.2, -0.15) is 0 Å². The molecule has 0 aliphatic carbocycles. The van der Waals surface area contributed by atoms with E-state index < -0.39 is 0 Å². The Labute approximate surface area is 138 Å². The average molecular weight is 426 g/mol. The average Bonchev–Trinajstić information content (AvgIpc) is 2.34. The van der Waals surface area contributed by atoms with Gasteiger partial charge in [0.15, 0.2) is 0 Å². The van der Waals surface area contributed by atoms with Crippen molar-refractivity contribution in [2.75, 3.05) is 5.32 Å². The van der Waals surface area contributed by atoms with Crippen LogP contribution in [0.4, 0.5) is 5.69 Å². The Morgan fingerprint density at radius 2 is 1.68 bits per heavy atom. The van der Waals surface area contributed by atoms with Crippen LogP contribution in [0.3, 0.4) is 0 Å². The first-order valence-corrected chi connectivity index (χ1v) is 7.67. The fourth-order valence-electron chi connectivity index (χ4n) is 1.55. The van der Waals surface area contributed by atoms with Crippen molar-refractivity contribution in [1.82, 2.24) is 0 Å². The summed E-state index contributed by atoms with van der Waals surface area (Å²) in [5.41, 5.74) is 1.81. The molecule has 2 aromatic rings. The second-order valence-corrected chi connectivity index (χ2v) is 6.44. The first-order valence-electron chi connectivity index (χ1n) is 5.33. The van der Waals surface area contributed by atoms with Crippen LogP contribution in [0.5, 0.6) is 5.75 Å². The number of phenolic OH excluding ortho intramolecular Hbond substituents is 1. The molecule has 0 aliphatic rings. The second-order valence-electron chi connectivity index (χ2n) is 3.89. The molecule has 2 nitrogen and oxygen atoms in total. The molecular formula is C13H9Br2Cl2NO. The van der Waals surface area contributed by atoms with Crippen molar-refractivity contribution in [2.24, 2.45) is 0 Å². The lowest BCUT2D eigenvalue weighted by Crippen LogP contribution is -2.00. The van der Waals surface area contributed by atoms with Crippen molar-refractivity contribution < 1.29 is 5.11 Å². The zero-order valence-electron chi connectivity index (χ0n) is 9.55. The third kappa shape index (κ3) is 3.78. The zero-order valence-corrected chi connectivity index (χ0v) is 14.2. The molecule has 6 heteroatoms. The molecule has 0 aliphatic heterocycles. The van der Waals surface area contributed by atoms with Crippen molar-refractivity contribution in [3.63, 3.8) is 0 Å². The maximum atomic E-state index is 9.64. The Hall–Kier alpha value is -0.420. The summed E-state index contributed by atoms with van der Waals surface area (Å²) in [7, 11) is 0. The van der Waals surface area contributed by atoms with Crippen LogP contribution in [-0.4, -0.2) is 5.11 Å². The summed E-state index contributed by atoms with van der Waals surface area (Å²) in [5.74, 6) is 0.188. The first-order chi connectivity index (χ1) is 8.97. The number of anilines is 1. The molecule has 0 amide bonds. The molecule has 2 N–H and O–H groups in total. The normalized spacial score (nSPS) is 10.5. The number of hydrogen-bond donors (Lipinski definition) is 2. The van der Waals surface area contributed by atoms with Crippen LogP contribution in [0.15, 0.2) is 39.3 Å². The smallest absolute Gasteiger partial charge is 0.143 e. The van der Waals surface area contributed by atoms with Crippen molar-refractivity contribution in [3.8, 4) is 5.75 Å². The van der Waals surface area contributed by atoms with Gasteiger partial charge in [-0.1, -0.05) is 23.2 Å². The summed E-state index contributed by atoms with van der Waals surface area (Å²) in [6, 6.07) is 8.98. The van der Waals surface area contributed by atoms with E-state index in [9.17, 15) is 5.11 Å². The molecule has 0 saturated heterocycles. The number of halogens is 4.